The first-order chi connectivity index (χ1) is 16.3. The molecule has 0 aromatic heterocycles. The molecular weight excluding hydrogens is 474 g/mol. The van der Waals surface area contributed by atoms with Gasteiger partial charge >= 0.3 is 0 Å². The van der Waals surface area contributed by atoms with Gasteiger partial charge in [0.15, 0.2) is 0 Å². The van der Waals surface area contributed by atoms with Crippen LogP contribution in [-0.2, 0) is 16.6 Å². The summed E-state index contributed by atoms with van der Waals surface area (Å²) in [5.74, 6) is 0.328. The standard InChI is InChI=1S/C25H24ClN3O4S/c1-3-15-33-24-13-9-19(10-14-24)17-27-28-25(30)21-11-7-20(8-12-21)18-29(34(2,31)32)23-6-4-5-22(26)16-23/h3-14,16-17H,1,15,18H2,2H3,(H,28,30)/b27-17-. The molecule has 7 nitrogen and oxygen atoms in total. The summed E-state index contributed by atoms with van der Waals surface area (Å²) in [5, 5.41) is 4.42. The number of amides is 1. The average molecular weight is 498 g/mol. The Morgan fingerprint density at radius 1 is 1.12 bits per heavy atom. The number of sulfonamides is 1. The van der Waals surface area contributed by atoms with Crippen molar-refractivity contribution in [2.24, 2.45) is 5.10 Å². The summed E-state index contributed by atoms with van der Waals surface area (Å²) in [6, 6.07) is 20.5. The third-order valence-corrected chi connectivity index (χ3v) is 6.04. The number of rotatable bonds is 10. The second-order valence-electron chi connectivity index (χ2n) is 7.31. The monoisotopic (exact) mass is 497 g/mol. The minimum absolute atomic E-state index is 0.103. The SMILES string of the molecule is C=CCOc1ccc(/C=N\NC(=O)c2ccc(CN(c3cccc(Cl)c3)S(C)(=O)=O)cc2)cc1. The van der Waals surface area contributed by atoms with Crippen molar-refractivity contribution >= 4 is 39.4 Å². The van der Waals surface area contributed by atoms with E-state index in [1.54, 1.807) is 66.7 Å². The zero-order valence-electron chi connectivity index (χ0n) is 18.5. The van der Waals surface area contributed by atoms with Gasteiger partial charge in [-0.2, -0.15) is 5.10 Å². The zero-order valence-corrected chi connectivity index (χ0v) is 20.1. The van der Waals surface area contributed by atoms with Crippen LogP contribution in [0.2, 0.25) is 5.02 Å². The molecule has 0 saturated carbocycles. The number of carbonyl (C=O) groups excluding carboxylic acids is 1. The third-order valence-electron chi connectivity index (χ3n) is 4.67. The Morgan fingerprint density at radius 2 is 1.82 bits per heavy atom. The van der Waals surface area contributed by atoms with Crippen molar-refractivity contribution in [1.82, 2.24) is 5.43 Å². The molecule has 0 aliphatic carbocycles. The van der Waals surface area contributed by atoms with E-state index in [1.807, 2.05) is 12.1 Å². The molecule has 9 heteroatoms. The lowest BCUT2D eigenvalue weighted by Crippen LogP contribution is -2.29. The lowest BCUT2D eigenvalue weighted by Gasteiger charge is -2.22. The van der Waals surface area contributed by atoms with Gasteiger partial charge in [-0.15, -0.1) is 0 Å². The minimum atomic E-state index is -3.54. The van der Waals surface area contributed by atoms with E-state index in [2.05, 4.69) is 17.1 Å². The number of carbonyl (C=O) groups is 1. The van der Waals surface area contributed by atoms with E-state index in [0.717, 1.165) is 11.8 Å². The van der Waals surface area contributed by atoms with Crippen LogP contribution < -0.4 is 14.5 Å². The van der Waals surface area contributed by atoms with E-state index in [0.29, 0.717) is 34.2 Å². The van der Waals surface area contributed by atoms with Gasteiger partial charge in [-0.3, -0.25) is 9.10 Å². The number of nitrogens with one attached hydrogen (secondary N) is 1. The molecule has 0 atom stereocenters. The number of nitrogens with zero attached hydrogens (tertiary/aromatic N) is 2. The number of halogens is 1. The Hall–Kier alpha value is -3.62. The molecule has 1 N–H and O–H groups in total. The van der Waals surface area contributed by atoms with E-state index in [4.69, 9.17) is 16.3 Å². The molecule has 3 rings (SSSR count). The molecular formula is C25H24ClN3O4S. The van der Waals surface area contributed by atoms with Crippen LogP contribution in [0.25, 0.3) is 0 Å². The lowest BCUT2D eigenvalue weighted by molar-refractivity contribution is 0.0955. The maximum atomic E-state index is 12.4. The Morgan fingerprint density at radius 3 is 2.44 bits per heavy atom. The summed E-state index contributed by atoms with van der Waals surface area (Å²) in [7, 11) is -3.54. The van der Waals surface area contributed by atoms with E-state index in [9.17, 15) is 13.2 Å². The van der Waals surface area contributed by atoms with Crippen LogP contribution in [0.4, 0.5) is 5.69 Å². The fourth-order valence-corrected chi connectivity index (χ4v) is 4.06. The molecule has 0 aliphatic rings. The maximum absolute atomic E-state index is 12.4. The van der Waals surface area contributed by atoms with Gasteiger partial charge in [0.05, 0.1) is 24.7 Å². The second-order valence-corrected chi connectivity index (χ2v) is 9.66. The molecule has 0 radical (unpaired) electrons. The summed E-state index contributed by atoms with van der Waals surface area (Å²) < 4.78 is 31.3. The molecule has 3 aromatic rings. The van der Waals surface area contributed by atoms with Gasteiger partial charge in [-0.25, -0.2) is 13.8 Å². The fraction of sp³-hybridized carbons (Fsp3) is 0.120. The summed E-state index contributed by atoms with van der Waals surface area (Å²) in [5.41, 5.74) is 4.84. The second kappa shape index (κ2) is 11.5. The summed E-state index contributed by atoms with van der Waals surface area (Å²) in [6.45, 7) is 4.13. The van der Waals surface area contributed by atoms with Gasteiger partial charge in [-0.1, -0.05) is 42.5 Å². The average Bonchev–Trinajstić information content (AvgIpc) is 2.81. The molecule has 34 heavy (non-hydrogen) atoms. The quantitative estimate of drug-likeness (QED) is 0.251. The molecule has 0 unspecified atom stereocenters. The first-order valence-corrected chi connectivity index (χ1v) is 12.5. The Bertz CT molecular complexity index is 1270. The van der Waals surface area contributed by atoms with Crippen molar-refractivity contribution in [2.75, 3.05) is 17.2 Å². The molecule has 176 valence electrons. The summed E-state index contributed by atoms with van der Waals surface area (Å²) >= 11 is 6.02. The Balaban J connectivity index is 1.62. The van der Waals surface area contributed by atoms with Gasteiger partial charge < -0.3 is 4.74 Å². The number of ether oxygens (including phenoxy) is 1. The summed E-state index contributed by atoms with van der Waals surface area (Å²) in [6.07, 6.45) is 4.33. The zero-order chi connectivity index (χ0) is 24.6. The van der Waals surface area contributed by atoms with Crippen molar-refractivity contribution in [3.05, 3.63) is 107 Å². The molecule has 0 saturated heterocycles. The summed E-state index contributed by atoms with van der Waals surface area (Å²) in [4.78, 5) is 12.4. The molecule has 0 heterocycles. The largest absolute Gasteiger partial charge is 0.490 e. The van der Waals surface area contributed by atoms with Gasteiger partial charge in [0, 0.05) is 10.6 Å². The number of hydrazone groups is 1. The first-order valence-electron chi connectivity index (χ1n) is 10.3. The predicted octanol–water partition coefficient (Wildman–Crippen LogP) is 4.63. The van der Waals surface area contributed by atoms with Crippen LogP contribution in [0, 0.1) is 0 Å². The molecule has 0 aliphatic heterocycles. The number of hydrogen-bond donors (Lipinski definition) is 1. The minimum Gasteiger partial charge on any atom is -0.490 e. The van der Waals surface area contributed by atoms with Gasteiger partial charge in [0.1, 0.15) is 12.4 Å². The lowest BCUT2D eigenvalue weighted by atomic mass is 10.1. The first kappa shape index (κ1) is 25.0. The molecule has 0 bridgehead atoms. The molecule has 3 aromatic carbocycles. The number of anilines is 1. The van der Waals surface area contributed by atoms with Gasteiger partial charge in [0.2, 0.25) is 10.0 Å². The highest BCUT2D eigenvalue weighted by Gasteiger charge is 2.18. The van der Waals surface area contributed by atoms with Crippen molar-refractivity contribution in [3.63, 3.8) is 0 Å². The highest BCUT2D eigenvalue weighted by atomic mass is 35.5. The van der Waals surface area contributed by atoms with E-state index < -0.39 is 10.0 Å². The van der Waals surface area contributed by atoms with Crippen molar-refractivity contribution < 1.29 is 17.9 Å². The van der Waals surface area contributed by atoms with Gasteiger partial charge in [0.25, 0.3) is 5.91 Å². The number of benzene rings is 3. The Labute approximate surface area is 204 Å². The van der Waals surface area contributed by atoms with Crippen molar-refractivity contribution in [1.29, 1.82) is 0 Å². The highest BCUT2D eigenvalue weighted by molar-refractivity contribution is 7.92. The maximum Gasteiger partial charge on any atom is 0.271 e. The number of hydrogen-bond acceptors (Lipinski definition) is 5. The third kappa shape index (κ3) is 7.19. The van der Waals surface area contributed by atoms with E-state index in [-0.39, 0.29) is 12.5 Å². The van der Waals surface area contributed by atoms with Crippen molar-refractivity contribution in [2.45, 2.75) is 6.54 Å². The van der Waals surface area contributed by atoms with Crippen LogP contribution in [0.3, 0.4) is 0 Å². The molecule has 1 amide bonds. The van der Waals surface area contributed by atoms with Crippen LogP contribution in [0.15, 0.2) is 90.6 Å². The van der Waals surface area contributed by atoms with E-state index >= 15 is 0 Å². The smallest absolute Gasteiger partial charge is 0.271 e. The molecule has 0 spiro atoms. The fourth-order valence-electron chi connectivity index (χ4n) is 2.99. The van der Waals surface area contributed by atoms with E-state index in [1.165, 1.54) is 10.5 Å². The van der Waals surface area contributed by atoms with Crippen LogP contribution in [0.5, 0.6) is 5.75 Å². The highest BCUT2D eigenvalue weighted by Crippen LogP contribution is 2.24. The van der Waals surface area contributed by atoms with Crippen LogP contribution >= 0.6 is 11.6 Å². The van der Waals surface area contributed by atoms with Gasteiger partial charge in [-0.05, 0) is 65.7 Å². The molecule has 0 fully saturated rings. The predicted molar refractivity (Wildman–Crippen MR) is 136 cm³/mol. The van der Waals surface area contributed by atoms with Crippen molar-refractivity contribution in [3.8, 4) is 5.75 Å². The topological polar surface area (TPSA) is 88.1 Å². The van der Waals surface area contributed by atoms with Crippen LogP contribution in [0.1, 0.15) is 21.5 Å². The Kier molecular flexibility index (Phi) is 8.45. The van der Waals surface area contributed by atoms with Crippen LogP contribution in [-0.4, -0.2) is 33.4 Å². The normalized spacial score (nSPS) is 11.2.